The Kier molecular flexibility index (Phi) is 4.63. The monoisotopic (exact) mass is 279 g/mol. The number of halogens is 3. The second kappa shape index (κ2) is 5.53. The van der Waals surface area contributed by atoms with Crippen LogP contribution < -0.4 is 5.73 Å². The van der Waals surface area contributed by atoms with Gasteiger partial charge in [0.15, 0.2) is 0 Å². The topological polar surface area (TPSA) is 46.2 Å². The molecule has 3 N–H and O–H groups in total. The fourth-order valence-electron chi connectivity index (χ4n) is 1.34. The van der Waals surface area contributed by atoms with Crippen LogP contribution >= 0.6 is 15.9 Å². The van der Waals surface area contributed by atoms with Gasteiger partial charge in [-0.15, -0.1) is 0 Å². The molecule has 0 bridgehead atoms. The molecule has 0 heterocycles. The highest BCUT2D eigenvalue weighted by molar-refractivity contribution is 9.10. The lowest BCUT2D eigenvalue weighted by atomic mass is 10.0. The number of rotatable bonds is 4. The van der Waals surface area contributed by atoms with Gasteiger partial charge in [-0.2, -0.15) is 0 Å². The van der Waals surface area contributed by atoms with Crippen molar-refractivity contribution in [1.29, 1.82) is 0 Å². The number of hydrogen-bond donors (Lipinski definition) is 2. The van der Waals surface area contributed by atoms with E-state index < -0.39 is 17.7 Å². The molecule has 0 saturated carbocycles. The number of aliphatic hydroxyl groups is 1. The molecule has 1 rings (SSSR count). The summed E-state index contributed by atoms with van der Waals surface area (Å²) in [5, 5.41) is 8.60. The molecular weight excluding hydrogens is 268 g/mol. The highest BCUT2D eigenvalue weighted by atomic mass is 79.9. The van der Waals surface area contributed by atoms with Crippen LogP contribution in [0.1, 0.15) is 24.4 Å². The molecule has 5 heteroatoms. The summed E-state index contributed by atoms with van der Waals surface area (Å²) in [5.74, 6) is -1.32. The largest absolute Gasteiger partial charge is 0.396 e. The fraction of sp³-hybridized carbons (Fsp3) is 0.400. The van der Waals surface area contributed by atoms with Crippen molar-refractivity contribution in [2.75, 3.05) is 6.61 Å². The van der Waals surface area contributed by atoms with Gasteiger partial charge in [-0.25, -0.2) is 8.78 Å². The van der Waals surface area contributed by atoms with Gasteiger partial charge in [-0.1, -0.05) is 0 Å². The quantitative estimate of drug-likeness (QED) is 0.832. The van der Waals surface area contributed by atoms with Crippen molar-refractivity contribution in [2.24, 2.45) is 5.73 Å². The van der Waals surface area contributed by atoms with Crippen LogP contribution in [0, 0.1) is 11.6 Å². The van der Waals surface area contributed by atoms with Crippen molar-refractivity contribution in [1.82, 2.24) is 0 Å². The van der Waals surface area contributed by atoms with Crippen LogP contribution in [0.25, 0.3) is 0 Å². The number of hydrogen-bond acceptors (Lipinski definition) is 2. The summed E-state index contributed by atoms with van der Waals surface area (Å²) in [7, 11) is 0. The molecule has 0 fully saturated rings. The van der Waals surface area contributed by atoms with Gasteiger partial charge in [0.1, 0.15) is 11.6 Å². The van der Waals surface area contributed by atoms with Crippen LogP contribution in [0.5, 0.6) is 0 Å². The van der Waals surface area contributed by atoms with Crippen LogP contribution in [0.2, 0.25) is 0 Å². The standard InChI is InChI=1S/C10H12BrF2NO/c11-6-3-4-7(12)9(10(6)13)8(14)2-1-5-15/h3-4,8,15H,1-2,5,14H2/t8-/m0/s1. The maximum atomic E-state index is 13.5. The normalized spacial score (nSPS) is 12.9. The molecule has 0 saturated heterocycles. The van der Waals surface area contributed by atoms with E-state index in [0.29, 0.717) is 12.8 Å². The van der Waals surface area contributed by atoms with Crippen LogP contribution in [0.15, 0.2) is 16.6 Å². The first-order valence-corrected chi connectivity index (χ1v) is 5.37. The molecule has 84 valence electrons. The molecule has 15 heavy (non-hydrogen) atoms. The maximum absolute atomic E-state index is 13.5. The zero-order valence-electron chi connectivity index (χ0n) is 8.01. The van der Waals surface area contributed by atoms with Crippen molar-refractivity contribution in [2.45, 2.75) is 18.9 Å². The van der Waals surface area contributed by atoms with E-state index in [0.717, 1.165) is 0 Å². The Balaban J connectivity index is 2.96. The summed E-state index contributed by atoms with van der Waals surface area (Å²) in [6, 6.07) is 1.74. The zero-order valence-corrected chi connectivity index (χ0v) is 9.60. The third-order valence-corrected chi connectivity index (χ3v) is 2.74. The predicted octanol–water partition coefficient (Wildman–Crippen LogP) is 2.50. The van der Waals surface area contributed by atoms with E-state index in [1.807, 2.05) is 0 Å². The third kappa shape index (κ3) is 2.96. The second-order valence-electron chi connectivity index (χ2n) is 3.23. The lowest BCUT2D eigenvalue weighted by molar-refractivity contribution is 0.278. The first-order valence-electron chi connectivity index (χ1n) is 4.57. The summed E-state index contributed by atoms with van der Waals surface area (Å²) in [4.78, 5) is 0. The molecule has 0 unspecified atom stereocenters. The lowest BCUT2D eigenvalue weighted by Gasteiger charge is -2.13. The van der Waals surface area contributed by atoms with Gasteiger partial charge in [0.05, 0.1) is 4.47 Å². The Hall–Kier alpha value is -0.520. The lowest BCUT2D eigenvalue weighted by Crippen LogP contribution is -2.15. The highest BCUT2D eigenvalue weighted by Gasteiger charge is 2.18. The first-order chi connectivity index (χ1) is 7.07. The summed E-state index contributed by atoms with van der Waals surface area (Å²) in [5.41, 5.74) is 5.51. The Labute approximate surface area is 95.2 Å². The van der Waals surface area contributed by atoms with Gasteiger partial charge in [0, 0.05) is 18.2 Å². The van der Waals surface area contributed by atoms with Crippen molar-refractivity contribution in [3.8, 4) is 0 Å². The minimum absolute atomic E-state index is 0.0368. The Morgan fingerprint density at radius 2 is 2.07 bits per heavy atom. The van der Waals surface area contributed by atoms with Gasteiger partial charge in [-0.05, 0) is 40.9 Å². The molecule has 1 aromatic carbocycles. The Morgan fingerprint density at radius 3 is 2.67 bits per heavy atom. The van der Waals surface area contributed by atoms with Crippen LogP contribution in [-0.4, -0.2) is 11.7 Å². The molecule has 0 aromatic heterocycles. The van der Waals surface area contributed by atoms with E-state index in [1.165, 1.54) is 12.1 Å². The van der Waals surface area contributed by atoms with E-state index in [9.17, 15) is 8.78 Å². The number of aliphatic hydroxyl groups excluding tert-OH is 1. The molecule has 0 amide bonds. The minimum atomic E-state index is -0.727. The van der Waals surface area contributed by atoms with E-state index in [-0.39, 0.29) is 16.6 Å². The Morgan fingerprint density at radius 1 is 1.40 bits per heavy atom. The molecule has 0 aliphatic heterocycles. The van der Waals surface area contributed by atoms with E-state index in [2.05, 4.69) is 15.9 Å². The predicted molar refractivity (Wildman–Crippen MR) is 57.3 cm³/mol. The molecule has 2 nitrogen and oxygen atoms in total. The second-order valence-corrected chi connectivity index (χ2v) is 4.08. The Bertz CT molecular complexity index is 346. The zero-order chi connectivity index (χ0) is 11.4. The minimum Gasteiger partial charge on any atom is -0.396 e. The average Bonchev–Trinajstić information content (AvgIpc) is 2.21. The number of nitrogens with two attached hydrogens (primary N) is 1. The van der Waals surface area contributed by atoms with E-state index in [1.54, 1.807) is 0 Å². The van der Waals surface area contributed by atoms with Crippen molar-refractivity contribution >= 4 is 15.9 Å². The van der Waals surface area contributed by atoms with Gasteiger partial charge in [-0.3, -0.25) is 0 Å². The highest BCUT2D eigenvalue weighted by Crippen LogP contribution is 2.27. The maximum Gasteiger partial charge on any atom is 0.145 e. The molecule has 0 radical (unpaired) electrons. The summed E-state index contributed by atoms with van der Waals surface area (Å²) in [6.07, 6.45) is 0.771. The average molecular weight is 280 g/mol. The van der Waals surface area contributed by atoms with Gasteiger partial charge < -0.3 is 10.8 Å². The molecule has 0 aliphatic carbocycles. The van der Waals surface area contributed by atoms with Gasteiger partial charge in [0.25, 0.3) is 0 Å². The SMILES string of the molecule is N[C@@H](CCCO)c1c(F)ccc(Br)c1F. The smallest absolute Gasteiger partial charge is 0.145 e. The summed E-state index contributed by atoms with van der Waals surface area (Å²) >= 11 is 2.97. The van der Waals surface area contributed by atoms with Crippen LogP contribution in [0.3, 0.4) is 0 Å². The van der Waals surface area contributed by atoms with Crippen molar-refractivity contribution in [3.05, 3.63) is 33.8 Å². The first kappa shape index (κ1) is 12.5. The summed E-state index contributed by atoms with van der Waals surface area (Å²) in [6.45, 7) is -0.0368. The molecule has 1 aromatic rings. The van der Waals surface area contributed by atoms with Crippen LogP contribution in [-0.2, 0) is 0 Å². The molecule has 1 atom stereocenters. The van der Waals surface area contributed by atoms with Gasteiger partial charge >= 0.3 is 0 Å². The summed E-state index contributed by atoms with van der Waals surface area (Å²) < 4.78 is 27.0. The van der Waals surface area contributed by atoms with Gasteiger partial charge in [0.2, 0.25) is 0 Å². The fourth-order valence-corrected chi connectivity index (χ4v) is 1.68. The molecular formula is C10H12BrF2NO. The molecule has 0 spiro atoms. The van der Waals surface area contributed by atoms with Crippen molar-refractivity contribution < 1.29 is 13.9 Å². The van der Waals surface area contributed by atoms with Crippen molar-refractivity contribution in [3.63, 3.8) is 0 Å². The third-order valence-electron chi connectivity index (χ3n) is 2.12. The molecule has 0 aliphatic rings. The van der Waals surface area contributed by atoms with E-state index in [4.69, 9.17) is 10.8 Å². The number of benzene rings is 1. The van der Waals surface area contributed by atoms with E-state index >= 15 is 0 Å². The van der Waals surface area contributed by atoms with Crippen LogP contribution in [0.4, 0.5) is 8.78 Å².